The van der Waals surface area contributed by atoms with Crippen molar-refractivity contribution in [2.75, 3.05) is 11.9 Å². The monoisotopic (exact) mass is 458 g/mol. The lowest BCUT2D eigenvalue weighted by Gasteiger charge is -2.07. The number of hydrogen-bond acceptors (Lipinski definition) is 7. The minimum absolute atomic E-state index is 0. The molecule has 3 N–H and O–H groups in total. The molecule has 4 heterocycles. The molecule has 4 aromatic heterocycles. The molecule has 0 aromatic carbocycles. The van der Waals surface area contributed by atoms with E-state index in [1.54, 1.807) is 24.7 Å². The summed E-state index contributed by atoms with van der Waals surface area (Å²) in [4.78, 5) is 8.99. The molecular weight excluding hydrogens is 441 g/mol. The highest BCUT2D eigenvalue weighted by Crippen LogP contribution is 2.27. The Bertz CT molecular complexity index is 1110. The molecule has 0 atom stereocenters. The zero-order valence-corrected chi connectivity index (χ0v) is 17.3. The number of nitrogens with zero attached hydrogens (tertiary/aromatic N) is 5. The molecule has 0 amide bonds. The predicted molar refractivity (Wildman–Crippen MR) is 110 cm³/mol. The summed E-state index contributed by atoms with van der Waals surface area (Å²) in [6.07, 6.45) is 2.10. The van der Waals surface area contributed by atoms with Crippen LogP contribution < -0.4 is 10.6 Å². The number of halogens is 4. The van der Waals surface area contributed by atoms with E-state index in [9.17, 15) is 13.2 Å². The van der Waals surface area contributed by atoms with Crippen molar-refractivity contribution in [2.24, 2.45) is 0 Å². The zero-order chi connectivity index (χ0) is 20.4. The molecule has 4 rings (SSSR count). The maximum Gasteiger partial charge on any atom is 0.390 e. The van der Waals surface area contributed by atoms with Crippen LogP contribution in [0.1, 0.15) is 17.8 Å². The highest BCUT2D eigenvalue weighted by molar-refractivity contribution is 7.10. The fraction of sp³-hybridized carbons (Fsp3) is 0.294. The molecule has 0 aliphatic rings. The van der Waals surface area contributed by atoms with Gasteiger partial charge in [0, 0.05) is 31.0 Å². The molecule has 4 aromatic rings. The minimum atomic E-state index is -4.16. The van der Waals surface area contributed by atoms with Crippen LogP contribution in [0.3, 0.4) is 0 Å². The third-order valence-electron chi connectivity index (χ3n) is 4.10. The second-order valence-electron chi connectivity index (χ2n) is 6.40. The van der Waals surface area contributed by atoms with Crippen LogP contribution >= 0.6 is 23.9 Å². The van der Waals surface area contributed by atoms with Crippen LogP contribution in [-0.4, -0.2) is 41.7 Å². The average Bonchev–Trinajstić information content (AvgIpc) is 3.38. The van der Waals surface area contributed by atoms with Crippen molar-refractivity contribution in [2.45, 2.75) is 26.1 Å². The van der Waals surface area contributed by atoms with Crippen molar-refractivity contribution >= 4 is 40.4 Å². The summed E-state index contributed by atoms with van der Waals surface area (Å²) in [5, 5.41) is 13.4. The molecule has 0 saturated heterocycles. The topological polar surface area (TPSA) is 95.8 Å². The van der Waals surface area contributed by atoms with Crippen molar-refractivity contribution in [1.29, 1.82) is 0 Å². The number of aromatic amines is 1. The standard InChI is InChI=1S/C17H17F3N8S.ClH/c1-10-9-28-13(11-5-23-24-6-11)8-22-16(28)15(25-10)26-14-4-12(27-29-14)7-21-3-2-17(18,19)20;/h4-6,8-9,21H,2-3,7H2,1H3,(H,23,24)(H,25,26);1H. The van der Waals surface area contributed by atoms with E-state index in [4.69, 9.17) is 0 Å². The van der Waals surface area contributed by atoms with Gasteiger partial charge in [0.2, 0.25) is 0 Å². The van der Waals surface area contributed by atoms with Gasteiger partial charge in [-0.05, 0) is 24.5 Å². The second kappa shape index (κ2) is 8.98. The van der Waals surface area contributed by atoms with Crippen molar-refractivity contribution in [1.82, 2.24) is 34.3 Å². The Balaban J connectivity index is 0.00000256. The largest absolute Gasteiger partial charge is 0.390 e. The lowest BCUT2D eigenvalue weighted by molar-refractivity contribution is -0.133. The fourth-order valence-electron chi connectivity index (χ4n) is 2.81. The third-order valence-corrected chi connectivity index (χ3v) is 4.84. The minimum Gasteiger partial charge on any atom is -0.328 e. The van der Waals surface area contributed by atoms with Gasteiger partial charge in [-0.1, -0.05) is 0 Å². The molecule has 30 heavy (non-hydrogen) atoms. The van der Waals surface area contributed by atoms with E-state index < -0.39 is 12.6 Å². The van der Waals surface area contributed by atoms with E-state index in [1.807, 2.05) is 17.5 Å². The van der Waals surface area contributed by atoms with Crippen molar-refractivity contribution in [3.63, 3.8) is 0 Å². The lowest BCUT2D eigenvalue weighted by atomic mass is 10.3. The van der Waals surface area contributed by atoms with E-state index in [0.29, 0.717) is 17.2 Å². The SMILES string of the molecule is Cc1cn2c(-c3cn[nH]c3)cnc2c(Nc2cc(CNCCC(F)(F)F)ns2)n1.Cl. The number of aromatic nitrogens is 6. The Morgan fingerprint density at radius 1 is 1.27 bits per heavy atom. The predicted octanol–water partition coefficient (Wildman–Crippen LogP) is 4.09. The summed E-state index contributed by atoms with van der Waals surface area (Å²) in [6.45, 7) is 2.00. The van der Waals surface area contributed by atoms with Crippen LogP contribution in [0.5, 0.6) is 0 Å². The van der Waals surface area contributed by atoms with Crippen molar-refractivity contribution < 1.29 is 13.2 Å². The van der Waals surface area contributed by atoms with Crippen LogP contribution in [0.4, 0.5) is 24.0 Å². The molecule has 0 radical (unpaired) electrons. The summed E-state index contributed by atoms with van der Waals surface area (Å²) in [5.74, 6) is 0.569. The van der Waals surface area contributed by atoms with Gasteiger partial charge in [-0.2, -0.15) is 22.6 Å². The van der Waals surface area contributed by atoms with Gasteiger partial charge in [-0.15, -0.1) is 12.4 Å². The first-order valence-corrected chi connectivity index (χ1v) is 9.50. The van der Waals surface area contributed by atoms with Crippen molar-refractivity contribution in [3.05, 3.63) is 42.2 Å². The Morgan fingerprint density at radius 3 is 2.83 bits per heavy atom. The normalized spacial score (nSPS) is 11.6. The molecule has 0 bridgehead atoms. The van der Waals surface area contributed by atoms with Crippen LogP contribution in [0.15, 0.2) is 30.9 Å². The van der Waals surface area contributed by atoms with Gasteiger partial charge in [0.15, 0.2) is 11.5 Å². The number of nitrogens with one attached hydrogen (secondary N) is 3. The van der Waals surface area contributed by atoms with E-state index in [2.05, 4.69) is 35.2 Å². The number of fused-ring (bicyclic) bond motifs is 1. The summed E-state index contributed by atoms with van der Waals surface area (Å²) in [6, 6.07) is 1.78. The van der Waals surface area contributed by atoms with E-state index >= 15 is 0 Å². The Hall–Kier alpha value is -2.70. The number of hydrogen-bond donors (Lipinski definition) is 3. The Morgan fingerprint density at radius 2 is 2.10 bits per heavy atom. The quantitative estimate of drug-likeness (QED) is 0.361. The van der Waals surface area contributed by atoms with Gasteiger partial charge in [0.05, 0.1) is 35.9 Å². The molecule has 0 aliphatic carbocycles. The molecule has 0 unspecified atom stereocenters. The van der Waals surface area contributed by atoms with Gasteiger partial charge in [-0.25, -0.2) is 9.97 Å². The summed E-state index contributed by atoms with van der Waals surface area (Å²) >= 11 is 1.21. The molecule has 0 saturated carbocycles. The molecular formula is C17H18ClF3N8S. The average molecular weight is 459 g/mol. The number of aryl methyl sites for hydroxylation is 1. The van der Waals surface area contributed by atoms with Gasteiger partial charge < -0.3 is 10.6 Å². The van der Waals surface area contributed by atoms with Crippen LogP contribution in [0.2, 0.25) is 0 Å². The summed E-state index contributed by atoms with van der Waals surface area (Å²) < 4.78 is 42.8. The molecule has 160 valence electrons. The second-order valence-corrected chi connectivity index (χ2v) is 7.21. The molecule has 13 heteroatoms. The Labute approximate surface area is 179 Å². The number of H-pyrrole nitrogens is 1. The lowest BCUT2D eigenvalue weighted by Crippen LogP contribution is -2.21. The van der Waals surface area contributed by atoms with Crippen molar-refractivity contribution in [3.8, 4) is 11.3 Å². The van der Waals surface area contributed by atoms with Gasteiger partial charge in [0.1, 0.15) is 5.00 Å². The Kier molecular flexibility index (Phi) is 6.58. The summed E-state index contributed by atoms with van der Waals surface area (Å²) in [5.41, 5.74) is 3.87. The maximum absolute atomic E-state index is 12.2. The molecule has 8 nitrogen and oxygen atoms in total. The van der Waals surface area contributed by atoms with E-state index in [0.717, 1.165) is 22.0 Å². The van der Waals surface area contributed by atoms with Crippen LogP contribution in [-0.2, 0) is 6.54 Å². The van der Waals surface area contributed by atoms with Gasteiger partial charge >= 0.3 is 6.18 Å². The number of imidazole rings is 1. The fourth-order valence-corrected chi connectivity index (χ4v) is 3.48. The highest BCUT2D eigenvalue weighted by Gasteiger charge is 2.25. The van der Waals surface area contributed by atoms with Gasteiger partial charge in [-0.3, -0.25) is 9.50 Å². The van der Waals surface area contributed by atoms with E-state index in [1.165, 1.54) is 11.5 Å². The highest BCUT2D eigenvalue weighted by atomic mass is 35.5. The number of rotatable bonds is 7. The maximum atomic E-state index is 12.2. The smallest absolute Gasteiger partial charge is 0.328 e. The van der Waals surface area contributed by atoms with E-state index in [-0.39, 0.29) is 25.5 Å². The van der Waals surface area contributed by atoms with Crippen LogP contribution in [0.25, 0.3) is 16.9 Å². The zero-order valence-electron chi connectivity index (χ0n) is 15.7. The molecule has 0 spiro atoms. The molecule has 0 aliphatic heterocycles. The number of anilines is 2. The first-order chi connectivity index (χ1) is 13.9. The first kappa shape index (κ1) is 22.0. The first-order valence-electron chi connectivity index (χ1n) is 8.73. The third kappa shape index (κ3) is 5.07. The molecule has 0 fully saturated rings. The summed E-state index contributed by atoms with van der Waals surface area (Å²) in [7, 11) is 0. The van der Waals surface area contributed by atoms with Gasteiger partial charge in [0.25, 0.3) is 0 Å². The van der Waals surface area contributed by atoms with Crippen LogP contribution in [0, 0.1) is 6.92 Å². The number of alkyl halides is 3.